The van der Waals surface area contributed by atoms with Crippen LogP contribution < -0.4 is 0 Å². The molecule has 418 valence electrons. The largest absolute Gasteiger partial charge is 0.460 e. The normalized spacial score (nSPS) is 37.1. The highest BCUT2D eigenvalue weighted by atomic mass is 16.6. The minimum atomic E-state index is -2.47. The number of carbonyl (C=O) groups is 6. The van der Waals surface area contributed by atoms with Crippen LogP contribution in [0.25, 0.3) is 0 Å². The van der Waals surface area contributed by atoms with Crippen LogP contribution in [0, 0.1) is 40.9 Å². The Labute approximate surface area is 439 Å². The van der Waals surface area contributed by atoms with Crippen LogP contribution in [0.4, 0.5) is 0 Å². The van der Waals surface area contributed by atoms with Gasteiger partial charge in [-0.3, -0.25) is 24.0 Å². The second-order valence-corrected chi connectivity index (χ2v) is 22.0. The number of aliphatic hydroxyl groups excluding tert-OH is 3. The molecule has 1 aliphatic carbocycles. The Kier molecular flexibility index (Phi) is 24.5. The predicted octanol–water partition coefficient (Wildman–Crippen LogP) is 6.11. The molecule has 2 saturated heterocycles. The van der Waals surface area contributed by atoms with Crippen LogP contribution in [0.1, 0.15) is 139 Å². The fourth-order valence-electron chi connectivity index (χ4n) is 10.9. The van der Waals surface area contributed by atoms with E-state index in [4.69, 9.17) is 28.4 Å². The number of rotatable bonds is 11. The lowest BCUT2D eigenvalue weighted by atomic mass is 9.78. The third-order valence-corrected chi connectivity index (χ3v) is 16.3. The van der Waals surface area contributed by atoms with E-state index in [1.54, 1.807) is 34.0 Å². The maximum Gasteiger partial charge on any atom is 0.329 e. The quantitative estimate of drug-likeness (QED) is 0.104. The van der Waals surface area contributed by atoms with Crippen LogP contribution in [0.3, 0.4) is 0 Å². The van der Waals surface area contributed by atoms with Gasteiger partial charge in [0.2, 0.25) is 5.79 Å². The molecule has 15 atom stereocenters. The number of carbonyl (C=O) groups excluding carboxylic acids is 6. The molecule has 4 aliphatic rings. The molecule has 17 heteroatoms. The Morgan fingerprint density at radius 3 is 2.22 bits per heavy atom. The molecule has 3 heterocycles. The number of aliphatic hydroxyl groups is 4. The topological polar surface area (TPSA) is 242 Å². The zero-order chi connectivity index (χ0) is 55.1. The van der Waals surface area contributed by atoms with E-state index in [2.05, 4.69) is 0 Å². The highest BCUT2D eigenvalue weighted by molar-refractivity contribution is 6.39. The maximum atomic E-state index is 14.6. The number of methoxy groups -OCH3 is 3. The van der Waals surface area contributed by atoms with Crippen LogP contribution in [0.5, 0.6) is 0 Å². The molecular formula is C57H89NO16. The molecule has 0 aromatic heterocycles. The van der Waals surface area contributed by atoms with Gasteiger partial charge < -0.3 is 53.7 Å². The Balaban J connectivity index is 1.70. The number of ketones is 3. The third-order valence-electron chi connectivity index (χ3n) is 16.3. The SMILES string of the molecule is CC[C@@H]1/C=C/C=C/C=C(\C)[C@@H](OC)C[C@@H]2CC[C@@H](C)[C@@](O)(O2)C(=O)C(=O)N2CCCC[C@H]2C(=O)O[C@H]([C@H](C)C[C@@H]2CC[C@@H](OC(=O)C(C)(CO)CO)[C@H](OC)C2)CC(=O)[C@H](C)/C=C(\C)[C@@H](O)C(OC)C(=O)[C@H](C)C1. The summed E-state index contributed by atoms with van der Waals surface area (Å²) < 4.78 is 35.5. The number of piperidine rings is 1. The molecule has 1 saturated carbocycles. The van der Waals surface area contributed by atoms with E-state index < -0.39 is 120 Å². The van der Waals surface area contributed by atoms with Crippen LogP contribution in [0.15, 0.2) is 47.6 Å². The lowest BCUT2D eigenvalue weighted by Crippen LogP contribution is -2.61. The average Bonchev–Trinajstić information content (AvgIpc) is 3.39. The summed E-state index contributed by atoms with van der Waals surface area (Å²) in [6.45, 7) is 12.8. The molecule has 74 heavy (non-hydrogen) atoms. The molecule has 0 aromatic rings. The summed E-state index contributed by atoms with van der Waals surface area (Å²) in [5, 5.41) is 43.2. The molecule has 17 nitrogen and oxygen atoms in total. The standard InChI is InChI=1S/C57H89NO16/c1-12-40-19-15-13-14-18-34(2)46(69-9)30-42-23-21-39(7)57(68,74-42)52(64)53(65)58-25-17-16-20-43(58)54(66)72-47(31-44(61)35(3)26-37(5)49(62)51(71-11)50(63)38(6)28-40)36(4)27-41-22-24-45(48(29-41)70-10)73-55(67)56(8,32-59)33-60/h13-15,18-19,26,35-36,38-43,45-49,51,59-60,62,68H,12,16-17,20-25,27-33H2,1-11H3/b14-13+,19-15+,34-18+,37-26+/t35-,36-,38-,39-,40-,41+,42+,43+,45-,46+,47+,48-,49-,51?,57-/m1/s1. The summed E-state index contributed by atoms with van der Waals surface area (Å²) in [5.74, 6) is -9.30. The summed E-state index contributed by atoms with van der Waals surface area (Å²) >= 11 is 0. The Hall–Kier alpha value is -3.94. The van der Waals surface area contributed by atoms with E-state index in [1.807, 2.05) is 58.1 Å². The van der Waals surface area contributed by atoms with Gasteiger partial charge in [0.15, 0.2) is 5.78 Å². The smallest absolute Gasteiger partial charge is 0.329 e. The Morgan fingerprint density at radius 1 is 0.878 bits per heavy atom. The highest BCUT2D eigenvalue weighted by Gasteiger charge is 2.53. The molecule has 0 spiro atoms. The molecule has 3 aliphatic heterocycles. The van der Waals surface area contributed by atoms with Crippen LogP contribution in [-0.2, 0) is 57.2 Å². The first-order valence-corrected chi connectivity index (χ1v) is 26.9. The fraction of sp³-hybridized carbons (Fsp3) is 0.754. The number of hydrogen-bond acceptors (Lipinski definition) is 16. The van der Waals surface area contributed by atoms with E-state index in [0.717, 1.165) is 16.9 Å². The van der Waals surface area contributed by atoms with Crippen molar-refractivity contribution in [2.75, 3.05) is 41.1 Å². The number of ether oxygens (including phenoxy) is 6. The van der Waals surface area contributed by atoms with E-state index in [0.29, 0.717) is 69.8 Å². The van der Waals surface area contributed by atoms with Gasteiger partial charge in [-0.25, -0.2) is 4.79 Å². The minimum absolute atomic E-state index is 0.0389. The van der Waals surface area contributed by atoms with E-state index in [-0.39, 0.29) is 42.8 Å². The molecule has 1 amide bonds. The number of amides is 1. The van der Waals surface area contributed by atoms with Gasteiger partial charge in [0.05, 0.1) is 31.5 Å². The number of allylic oxidation sites excluding steroid dienone is 6. The number of cyclic esters (lactones) is 1. The van der Waals surface area contributed by atoms with Crippen molar-refractivity contribution < 1.29 is 77.6 Å². The summed E-state index contributed by atoms with van der Waals surface area (Å²) in [7, 11) is 4.44. The van der Waals surface area contributed by atoms with Gasteiger partial charge >= 0.3 is 11.9 Å². The zero-order valence-electron chi connectivity index (χ0n) is 46.0. The van der Waals surface area contributed by atoms with E-state index >= 15 is 0 Å². The minimum Gasteiger partial charge on any atom is -0.460 e. The van der Waals surface area contributed by atoms with Gasteiger partial charge in [-0.2, -0.15) is 0 Å². The number of Topliss-reactive ketones (excluding diaryl/α,β-unsaturated/α-hetero) is 3. The van der Waals surface area contributed by atoms with Gasteiger partial charge in [0.1, 0.15) is 41.7 Å². The summed E-state index contributed by atoms with van der Waals surface area (Å²) in [5.41, 5.74) is -0.270. The molecule has 0 aromatic carbocycles. The molecule has 4 N–H and O–H groups in total. The maximum absolute atomic E-state index is 14.6. The number of nitrogens with zero attached hydrogens (tertiary/aromatic N) is 1. The number of esters is 2. The monoisotopic (exact) mass is 1040 g/mol. The lowest BCUT2D eigenvalue weighted by molar-refractivity contribution is -0.265. The zero-order valence-corrected chi connectivity index (χ0v) is 46.0. The Morgan fingerprint density at radius 2 is 1.58 bits per heavy atom. The first-order chi connectivity index (χ1) is 35.0. The van der Waals surface area contributed by atoms with Gasteiger partial charge in [0, 0.05) is 58.5 Å². The van der Waals surface area contributed by atoms with Crippen molar-refractivity contribution in [3.63, 3.8) is 0 Å². The van der Waals surface area contributed by atoms with Gasteiger partial charge in [0.25, 0.3) is 11.7 Å². The van der Waals surface area contributed by atoms with Crippen molar-refractivity contribution in [2.24, 2.45) is 40.9 Å². The van der Waals surface area contributed by atoms with Crippen molar-refractivity contribution in [1.29, 1.82) is 0 Å². The second-order valence-electron chi connectivity index (χ2n) is 22.0. The highest BCUT2D eigenvalue weighted by Crippen LogP contribution is 2.38. The van der Waals surface area contributed by atoms with Gasteiger partial charge in [-0.15, -0.1) is 0 Å². The van der Waals surface area contributed by atoms with Gasteiger partial charge in [-0.05, 0) is 120 Å². The number of hydrogen-bond donors (Lipinski definition) is 4. The number of fused-ring (bicyclic) bond motifs is 3. The van der Waals surface area contributed by atoms with Crippen molar-refractivity contribution >= 4 is 35.2 Å². The summed E-state index contributed by atoms with van der Waals surface area (Å²) in [6, 6.07) is -1.20. The van der Waals surface area contributed by atoms with Crippen molar-refractivity contribution in [1.82, 2.24) is 4.90 Å². The van der Waals surface area contributed by atoms with Crippen molar-refractivity contribution in [3.8, 4) is 0 Å². The summed E-state index contributed by atoms with van der Waals surface area (Å²) in [6.07, 6.45) is 10.7. The third kappa shape index (κ3) is 16.1. The summed E-state index contributed by atoms with van der Waals surface area (Å²) in [4.78, 5) is 85.6. The molecule has 2 bridgehead atoms. The fourth-order valence-corrected chi connectivity index (χ4v) is 10.9. The average molecular weight is 1040 g/mol. The van der Waals surface area contributed by atoms with Crippen LogP contribution in [-0.4, -0.2) is 156 Å². The van der Waals surface area contributed by atoms with Crippen molar-refractivity contribution in [2.45, 2.75) is 193 Å². The first-order valence-electron chi connectivity index (χ1n) is 26.9. The molecule has 3 fully saturated rings. The Bertz CT molecular complexity index is 2030. The first kappa shape index (κ1) is 62.6. The lowest BCUT2D eigenvalue weighted by Gasteiger charge is -2.42. The van der Waals surface area contributed by atoms with Gasteiger partial charge in [-0.1, -0.05) is 71.1 Å². The predicted molar refractivity (Wildman–Crippen MR) is 276 cm³/mol. The van der Waals surface area contributed by atoms with Crippen molar-refractivity contribution in [3.05, 3.63) is 47.6 Å². The van der Waals surface area contributed by atoms with E-state index in [9.17, 15) is 49.2 Å². The molecule has 0 radical (unpaired) electrons. The molecule has 1 unspecified atom stereocenters. The van der Waals surface area contributed by atoms with Crippen LogP contribution in [0.2, 0.25) is 0 Å². The second kappa shape index (κ2) is 29.0. The molecule has 4 rings (SSSR count). The van der Waals surface area contributed by atoms with Crippen LogP contribution >= 0.6 is 0 Å². The molecular weight excluding hydrogens is 955 g/mol. The van der Waals surface area contributed by atoms with E-state index in [1.165, 1.54) is 21.1 Å².